The highest BCUT2D eigenvalue weighted by Crippen LogP contribution is 2.27. The van der Waals surface area contributed by atoms with Crippen LogP contribution in [0.3, 0.4) is 0 Å². The average Bonchev–Trinajstić information content (AvgIpc) is 2.77. The topological polar surface area (TPSA) is 66.0 Å². The van der Waals surface area contributed by atoms with Crippen LogP contribution in [0.15, 0.2) is 16.5 Å². The van der Waals surface area contributed by atoms with Crippen molar-refractivity contribution in [3.63, 3.8) is 0 Å². The first-order valence-corrected chi connectivity index (χ1v) is 6.75. The zero-order valence-corrected chi connectivity index (χ0v) is 10.6. The molecule has 1 N–H and O–H groups in total. The predicted octanol–water partition coefficient (Wildman–Crippen LogP) is 2.45. The SMILES string of the molecule is N#CC1(NC(=O)c2ccc(Cl)o2)CCSCC1. The normalized spacial score (nSPS) is 18.4. The molecular weight excluding hydrogens is 260 g/mol. The van der Waals surface area contributed by atoms with Crippen LogP contribution in [-0.4, -0.2) is 23.0 Å². The maximum absolute atomic E-state index is 11.9. The lowest BCUT2D eigenvalue weighted by Crippen LogP contribution is -2.49. The smallest absolute Gasteiger partial charge is 0.288 e. The molecule has 1 saturated heterocycles. The van der Waals surface area contributed by atoms with Crippen molar-refractivity contribution >= 4 is 29.3 Å². The maximum atomic E-state index is 11.9. The van der Waals surface area contributed by atoms with Crippen LogP contribution in [-0.2, 0) is 0 Å². The summed E-state index contributed by atoms with van der Waals surface area (Å²) in [6.45, 7) is 0. The molecular formula is C11H11ClN2O2S. The molecule has 1 aromatic rings. The first kappa shape index (κ1) is 12.3. The van der Waals surface area contributed by atoms with Gasteiger partial charge in [-0.2, -0.15) is 17.0 Å². The number of hydrogen-bond donors (Lipinski definition) is 1. The van der Waals surface area contributed by atoms with Crippen LogP contribution in [0.1, 0.15) is 23.4 Å². The highest BCUT2D eigenvalue weighted by molar-refractivity contribution is 7.99. The van der Waals surface area contributed by atoms with Crippen LogP contribution in [0.25, 0.3) is 0 Å². The van der Waals surface area contributed by atoms with Crippen LogP contribution < -0.4 is 5.32 Å². The number of rotatable bonds is 2. The Bertz CT molecular complexity index is 460. The minimum atomic E-state index is -0.762. The van der Waals surface area contributed by atoms with E-state index in [0.717, 1.165) is 11.5 Å². The molecule has 1 aliphatic rings. The molecule has 6 heteroatoms. The monoisotopic (exact) mass is 270 g/mol. The lowest BCUT2D eigenvalue weighted by molar-refractivity contribution is 0.0887. The van der Waals surface area contributed by atoms with Crippen molar-refractivity contribution in [1.82, 2.24) is 5.32 Å². The van der Waals surface area contributed by atoms with Gasteiger partial charge in [-0.15, -0.1) is 0 Å². The fraction of sp³-hybridized carbons (Fsp3) is 0.455. The van der Waals surface area contributed by atoms with Crippen molar-refractivity contribution in [3.8, 4) is 6.07 Å². The molecule has 2 rings (SSSR count). The number of thioether (sulfide) groups is 1. The number of hydrogen-bond acceptors (Lipinski definition) is 4. The molecule has 0 radical (unpaired) electrons. The Labute approximate surface area is 108 Å². The molecule has 0 bridgehead atoms. The summed E-state index contributed by atoms with van der Waals surface area (Å²) in [6, 6.07) is 5.21. The molecule has 17 heavy (non-hydrogen) atoms. The van der Waals surface area contributed by atoms with Crippen molar-refractivity contribution in [2.24, 2.45) is 0 Å². The summed E-state index contributed by atoms with van der Waals surface area (Å²) in [6.07, 6.45) is 1.32. The lowest BCUT2D eigenvalue weighted by Gasteiger charge is -2.30. The number of furan rings is 1. The Morgan fingerprint density at radius 3 is 2.76 bits per heavy atom. The van der Waals surface area contributed by atoms with Crippen LogP contribution >= 0.6 is 23.4 Å². The second kappa shape index (κ2) is 5.03. The summed E-state index contributed by atoms with van der Waals surface area (Å²) in [5.74, 6) is 1.52. The third kappa shape index (κ3) is 2.76. The summed E-state index contributed by atoms with van der Waals surface area (Å²) < 4.78 is 5.02. The molecule has 0 saturated carbocycles. The van der Waals surface area contributed by atoms with E-state index in [9.17, 15) is 10.1 Å². The van der Waals surface area contributed by atoms with Crippen molar-refractivity contribution in [3.05, 3.63) is 23.1 Å². The minimum absolute atomic E-state index is 0.142. The van der Waals surface area contributed by atoms with Crippen molar-refractivity contribution < 1.29 is 9.21 Å². The van der Waals surface area contributed by atoms with Crippen molar-refractivity contribution in [2.75, 3.05) is 11.5 Å². The van der Waals surface area contributed by atoms with E-state index in [0.29, 0.717) is 12.8 Å². The van der Waals surface area contributed by atoms with Gasteiger partial charge in [0.05, 0.1) is 6.07 Å². The number of nitriles is 1. The summed E-state index contributed by atoms with van der Waals surface area (Å²) >= 11 is 7.39. The molecule has 1 aromatic heterocycles. The molecule has 0 spiro atoms. The highest BCUT2D eigenvalue weighted by atomic mass is 35.5. The molecule has 0 atom stereocenters. The number of carbonyl (C=O) groups excluding carboxylic acids is 1. The first-order valence-electron chi connectivity index (χ1n) is 5.22. The molecule has 2 heterocycles. The Hall–Kier alpha value is -1.12. The zero-order chi connectivity index (χ0) is 12.3. The predicted molar refractivity (Wildman–Crippen MR) is 66.1 cm³/mol. The van der Waals surface area contributed by atoms with E-state index in [-0.39, 0.29) is 16.9 Å². The number of carbonyl (C=O) groups is 1. The Morgan fingerprint density at radius 2 is 2.24 bits per heavy atom. The van der Waals surface area contributed by atoms with E-state index in [1.165, 1.54) is 12.1 Å². The van der Waals surface area contributed by atoms with Gasteiger partial charge in [0.15, 0.2) is 11.0 Å². The molecule has 4 nitrogen and oxygen atoms in total. The van der Waals surface area contributed by atoms with Gasteiger partial charge in [-0.1, -0.05) is 0 Å². The van der Waals surface area contributed by atoms with Gasteiger partial charge in [-0.05, 0) is 48.1 Å². The second-order valence-electron chi connectivity index (χ2n) is 3.86. The maximum Gasteiger partial charge on any atom is 0.288 e. The van der Waals surface area contributed by atoms with Gasteiger partial charge in [0, 0.05) is 0 Å². The number of amides is 1. The van der Waals surface area contributed by atoms with Gasteiger partial charge in [0.25, 0.3) is 5.91 Å². The molecule has 0 unspecified atom stereocenters. The van der Waals surface area contributed by atoms with Gasteiger partial charge in [0.2, 0.25) is 0 Å². The van der Waals surface area contributed by atoms with Crippen LogP contribution in [0.5, 0.6) is 0 Å². The molecule has 0 aliphatic carbocycles. The zero-order valence-electron chi connectivity index (χ0n) is 9.03. The molecule has 1 fully saturated rings. The van der Waals surface area contributed by atoms with E-state index in [4.69, 9.17) is 16.0 Å². The van der Waals surface area contributed by atoms with E-state index >= 15 is 0 Å². The fourth-order valence-electron chi connectivity index (χ4n) is 1.70. The number of nitrogens with zero attached hydrogens (tertiary/aromatic N) is 1. The lowest BCUT2D eigenvalue weighted by atomic mass is 9.94. The Kier molecular flexibility index (Phi) is 3.65. The quantitative estimate of drug-likeness (QED) is 0.896. The summed E-state index contributed by atoms with van der Waals surface area (Å²) in [5.41, 5.74) is -0.762. The van der Waals surface area contributed by atoms with Gasteiger partial charge >= 0.3 is 0 Å². The standard InChI is InChI=1S/C11H11ClN2O2S/c12-9-2-1-8(16-9)10(15)14-11(7-13)3-5-17-6-4-11/h1-2H,3-6H2,(H,14,15). The van der Waals surface area contributed by atoms with E-state index in [1.54, 1.807) is 11.8 Å². The summed E-state index contributed by atoms with van der Waals surface area (Å²) in [7, 11) is 0. The van der Waals surface area contributed by atoms with Crippen molar-refractivity contribution in [2.45, 2.75) is 18.4 Å². The molecule has 0 aromatic carbocycles. The third-order valence-corrected chi connectivity index (χ3v) is 3.90. The average molecular weight is 271 g/mol. The van der Waals surface area contributed by atoms with Gasteiger partial charge in [-0.25, -0.2) is 0 Å². The van der Waals surface area contributed by atoms with E-state index in [2.05, 4.69) is 11.4 Å². The van der Waals surface area contributed by atoms with Crippen molar-refractivity contribution in [1.29, 1.82) is 5.26 Å². The largest absolute Gasteiger partial charge is 0.440 e. The fourth-order valence-corrected chi connectivity index (χ4v) is 3.04. The number of nitrogens with one attached hydrogen (secondary N) is 1. The Balaban J connectivity index is 2.09. The minimum Gasteiger partial charge on any atom is -0.440 e. The third-order valence-electron chi connectivity index (χ3n) is 2.71. The first-order chi connectivity index (χ1) is 8.15. The van der Waals surface area contributed by atoms with Gasteiger partial charge in [-0.3, -0.25) is 4.79 Å². The molecule has 90 valence electrons. The second-order valence-corrected chi connectivity index (χ2v) is 5.46. The van der Waals surface area contributed by atoms with E-state index < -0.39 is 5.54 Å². The number of halogens is 1. The van der Waals surface area contributed by atoms with Crippen LogP contribution in [0.2, 0.25) is 5.22 Å². The van der Waals surface area contributed by atoms with Gasteiger partial charge < -0.3 is 9.73 Å². The van der Waals surface area contributed by atoms with Gasteiger partial charge in [0.1, 0.15) is 5.54 Å². The molecule has 1 amide bonds. The summed E-state index contributed by atoms with van der Waals surface area (Å²) in [4.78, 5) is 11.9. The van der Waals surface area contributed by atoms with Crippen LogP contribution in [0.4, 0.5) is 0 Å². The summed E-state index contributed by atoms with van der Waals surface area (Å²) in [5, 5.41) is 12.1. The highest BCUT2D eigenvalue weighted by Gasteiger charge is 2.34. The Morgan fingerprint density at radius 1 is 1.53 bits per heavy atom. The molecule has 1 aliphatic heterocycles. The van der Waals surface area contributed by atoms with E-state index in [1.807, 2.05) is 0 Å². The van der Waals surface area contributed by atoms with Crippen LogP contribution in [0, 0.1) is 11.3 Å².